The maximum absolute atomic E-state index is 13.0. The van der Waals surface area contributed by atoms with Gasteiger partial charge in [0, 0.05) is 40.3 Å². The molecular weight excluding hydrogens is 440 g/mol. The highest BCUT2D eigenvalue weighted by molar-refractivity contribution is 6.33. The average Bonchev–Trinajstić information content (AvgIpc) is 3.41. The van der Waals surface area contributed by atoms with Crippen LogP contribution in [-0.2, 0) is 17.7 Å². The SMILES string of the molecule is CCOC(=O)c1[nH]c(-c2cccc3c2ccn3CCO)c(CC)c1-c1ccc(OC)cc1Cl. The van der Waals surface area contributed by atoms with Gasteiger partial charge >= 0.3 is 5.97 Å². The molecule has 2 aromatic heterocycles. The first-order valence-electron chi connectivity index (χ1n) is 11.0. The lowest BCUT2D eigenvalue weighted by Crippen LogP contribution is -2.07. The van der Waals surface area contributed by atoms with Gasteiger partial charge in [-0.3, -0.25) is 0 Å². The number of methoxy groups -OCH3 is 1. The number of hydrogen-bond acceptors (Lipinski definition) is 4. The van der Waals surface area contributed by atoms with Crippen molar-refractivity contribution in [1.29, 1.82) is 0 Å². The highest BCUT2D eigenvalue weighted by Gasteiger charge is 2.26. The number of aliphatic hydroxyl groups excluding tert-OH is 1. The van der Waals surface area contributed by atoms with Crippen molar-refractivity contribution in [2.24, 2.45) is 0 Å². The third kappa shape index (κ3) is 4.12. The summed E-state index contributed by atoms with van der Waals surface area (Å²) in [6, 6.07) is 13.5. The highest BCUT2D eigenvalue weighted by Crippen LogP contribution is 2.42. The molecule has 4 rings (SSSR count). The number of ether oxygens (including phenoxy) is 2. The van der Waals surface area contributed by atoms with E-state index in [2.05, 4.69) is 11.9 Å². The quantitative estimate of drug-likeness (QED) is 0.327. The Hall–Kier alpha value is -3.22. The summed E-state index contributed by atoms with van der Waals surface area (Å²) in [5.74, 6) is 0.218. The fourth-order valence-corrected chi connectivity index (χ4v) is 4.61. The first-order valence-corrected chi connectivity index (χ1v) is 11.4. The van der Waals surface area contributed by atoms with Crippen LogP contribution in [0.1, 0.15) is 29.9 Å². The van der Waals surface area contributed by atoms with Gasteiger partial charge in [-0.05, 0) is 49.2 Å². The van der Waals surface area contributed by atoms with Gasteiger partial charge in [0.05, 0.1) is 31.0 Å². The minimum atomic E-state index is -0.426. The van der Waals surface area contributed by atoms with Crippen LogP contribution >= 0.6 is 11.6 Å². The van der Waals surface area contributed by atoms with Gasteiger partial charge in [0.25, 0.3) is 0 Å². The Bertz CT molecular complexity index is 1310. The molecule has 0 bridgehead atoms. The third-order valence-electron chi connectivity index (χ3n) is 5.81. The number of carbonyl (C=O) groups excluding carboxylic acids is 1. The number of nitrogens with zero attached hydrogens (tertiary/aromatic N) is 1. The lowest BCUT2D eigenvalue weighted by atomic mass is 9.95. The molecule has 4 aromatic rings. The zero-order valence-electron chi connectivity index (χ0n) is 18.9. The van der Waals surface area contributed by atoms with Gasteiger partial charge in [-0.1, -0.05) is 30.7 Å². The van der Waals surface area contributed by atoms with Crippen molar-refractivity contribution in [3.63, 3.8) is 0 Å². The Morgan fingerprint density at radius 2 is 1.97 bits per heavy atom. The number of H-pyrrole nitrogens is 1. The fourth-order valence-electron chi connectivity index (χ4n) is 4.35. The minimum Gasteiger partial charge on any atom is -0.497 e. The molecule has 0 aliphatic carbocycles. The van der Waals surface area contributed by atoms with Crippen molar-refractivity contribution < 1.29 is 19.4 Å². The van der Waals surface area contributed by atoms with E-state index in [1.807, 2.05) is 47.2 Å². The molecular formula is C26H27ClN2O4. The summed E-state index contributed by atoms with van der Waals surface area (Å²) < 4.78 is 12.7. The van der Waals surface area contributed by atoms with Crippen LogP contribution < -0.4 is 4.74 Å². The number of hydrogen-bond donors (Lipinski definition) is 2. The van der Waals surface area contributed by atoms with E-state index in [4.69, 9.17) is 21.1 Å². The molecule has 0 atom stereocenters. The fraction of sp³-hybridized carbons (Fsp3) is 0.269. The Balaban J connectivity index is 1.99. The van der Waals surface area contributed by atoms with Crippen molar-refractivity contribution in [3.8, 4) is 28.1 Å². The van der Waals surface area contributed by atoms with Gasteiger partial charge in [-0.25, -0.2) is 4.79 Å². The van der Waals surface area contributed by atoms with Crippen molar-refractivity contribution in [2.45, 2.75) is 26.8 Å². The first-order chi connectivity index (χ1) is 16.0. The Labute approximate surface area is 197 Å². The number of esters is 1. The maximum Gasteiger partial charge on any atom is 0.355 e. The zero-order valence-corrected chi connectivity index (χ0v) is 19.7. The van der Waals surface area contributed by atoms with Crippen LogP contribution in [0.4, 0.5) is 0 Å². The largest absolute Gasteiger partial charge is 0.497 e. The number of fused-ring (bicyclic) bond motifs is 1. The van der Waals surface area contributed by atoms with Gasteiger partial charge in [0.1, 0.15) is 11.4 Å². The van der Waals surface area contributed by atoms with E-state index in [1.54, 1.807) is 20.1 Å². The number of nitrogens with one attached hydrogen (secondary N) is 1. The molecule has 0 amide bonds. The second kappa shape index (κ2) is 9.73. The van der Waals surface area contributed by atoms with E-state index in [-0.39, 0.29) is 13.2 Å². The van der Waals surface area contributed by atoms with E-state index in [0.29, 0.717) is 29.4 Å². The van der Waals surface area contributed by atoms with E-state index in [0.717, 1.165) is 38.9 Å². The number of benzene rings is 2. The lowest BCUT2D eigenvalue weighted by molar-refractivity contribution is 0.0521. The summed E-state index contributed by atoms with van der Waals surface area (Å²) in [6.45, 7) is 4.68. The molecule has 0 aliphatic heterocycles. The van der Waals surface area contributed by atoms with Crippen LogP contribution in [-0.4, -0.2) is 41.0 Å². The van der Waals surface area contributed by atoms with Crippen molar-refractivity contribution in [1.82, 2.24) is 9.55 Å². The standard InChI is InChI=1S/C26H27ClN2O4/c1-4-17-23(20-10-9-16(32-3)15-21(20)27)25(26(31)33-5-2)28-24(17)19-7-6-8-22-18(19)11-12-29(22)13-14-30/h6-12,15,28,30H,4-5,13-14H2,1-3H3. The molecule has 2 heterocycles. The Morgan fingerprint density at radius 3 is 2.64 bits per heavy atom. The predicted octanol–water partition coefficient (Wildman–Crippen LogP) is 5.70. The molecule has 0 unspecified atom stereocenters. The van der Waals surface area contributed by atoms with Crippen LogP contribution in [0, 0.1) is 0 Å². The van der Waals surface area contributed by atoms with E-state index >= 15 is 0 Å². The normalized spacial score (nSPS) is 11.2. The van der Waals surface area contributed by atoms with E-state index in [9.17, 15) is 9.90 Å². The van der Waals surface area contributed by atoms with Crippen molar-refractivity contribution >= 4 is 28.5 Å². The number of rotatable bonds is 8. The van der Waals surface area contributed by atoms with Crippen LogP contribution in [0.5, 0.6) is 5.75 Å². The van der Waals surface area contributed by atoms with Gasteiger partial charge < -0.3 is 24.1 Å². The molecule has 0 radical (unpaired) electrons. The number of aromatic nitrogens is 2. The second-order valence-corrected chi connectivity index (χ2v) is 8.03. The van der Waals surface area contributed by atoms with Crippen LogP contribution in [0.2, 0.25) is 5.02 Å². The van der Waals surface area contributed by atoms with Gasteiger partial charge in [0.2, 0.25) is 0 Å². The second-order valence-electron chi connectivity index (χ2n) is 7.62. The van der Waals surface area contributed by atoms with E-state index in [1.165, 1.54) is 0 Å². The van der Waals surface area contributed by atoms with Gasteiger partial charge in [0.15, 0.2) is 0 Å². The summed E-state index contributed by atoms with van der Waals surface area (Å²) in [5, 5.41) is 10.9. The molecule has 6 nitrogen and oxygen atoms in total. The predicted molar refractivity (Wildman–Crippen MR) is 131 cm³/mol. The summed E-state index contributed by atoms with van der Waals surface area (Å²) >= 11 is 6.64. The molecule has 2 aromatic carbocycles. The lowest BCUT2D eigenvalue weighted by Gasteiger charge is -2.11. The molecule has 7 heteroatoms. The maximum atomic E-state index is 13.0. The molecule has 172 valence electrons. The molecule has 2 N–H and O–H groups in total. The average molecular weight is 467 g/mol. The van der Waals surface area contributed by atoms with Gasteiger partial charge in [-0.2, -0.15) is 0 Å². The Morgan fingerprint density at radius 1 is 1.15 bits per heavy atom. The smallest absolute Gasteiger partial charge is 0.355 e. The summed E-state index contributed by atoms with van der Waals surface area (Å²) in [4.78, 5) is 16.4. The molecule has 0 spiro atoms. The molecule has 33 heavy (non-hydrogen) atoms. The number of aliphatic hydroxyl groups is 1. The van der Waals surface area contributed by atoms with Crippen LogP contribution in [0.25, 0.3) is 33.3 Å². The number of halogens is 1. The first kappa shape index (κ1) is 23.0. The topological polar surface area (TPSA) is 76.5 Å². The van der Waals surface area contributed by atoms with Crippen molar-refractivity contribution in [2.75, 3.05) is 20.3 Å². The monoisotopic (exact) mass is 466 g/mol. The Kier molecular flexibility index (Phi) is 6.77. The summed E-state index contributed by atoms with van der Waals surface area (Å²) in [5.41, 5.74) is 5.68. The summed E-state index contributed by atoms with van der Waals surface area (Å²) in [6.07, 6.45) is 2.64. The zero-order chi connectivity index (χ0) is 23.5. The molecule has 0 saturated carbocycles. The summed E-state index contributed by atoms with van der Waals surface area (Å²) in [7, 11) is 1.59. The molecule has 0 aliphatic rings. The van der Waals surface area contributed by atoms with E-state index < -0.39 is 5.97 Å². The number of carbonyl (C=O) groups is 1. The number of aromatic amines is 1. The van der Waals surface area contributed by atoms with Gasteiger partial charge in [-0.15, -0.1) is 0 Å². The van der Waals surface area contributed by atoms with Crippen LogP contribution in [0.3, 0.4) is 0 Å². The van der Waals surface area contributed by atoms with Crippen LogP contribution in [0.15, 0.2) is 48.7 Å². The third-order valence-corrected chi connectivity index (χ3v) is 6.12. The minimum absolute atomic E-state index is 0.0594. The molecule has 0 saturated heterocycles. The molecule has 0 fully saturated rings. The van der Waals surface area contributed by atoms with Crippen molar-refractivity contribution in [3.05, 3.63) is 64.9 Å². The highest BCUT2D eigenvalue weighted by atomic mass is 35.5.